The van der Waals surface area contributed by atoms with Crippen molar-refractivity contribution in [3.05, 3.63) is 83.3 Å². The summed E-state index contributed by atoms with van der Waals surface area (Å²) in [7, 11) is 0. The van der Waals surface area contributed by atoms with Crippen LogP contribution >= 0.6 is 11.6 Å². The lowest BCUT2D eigenvalue weighted by Gasteiger charge is -2.16. The number of aromatic nitrogens is 1. The summed E-state index contributed by atoms with van der Waals surface area (Å²) in [5.74, 6) is 0.209. The topological polar surface area (TPSA) is 48.4 Å². The number of halogens is 2. The Morgan fingerprint density at radius 3 is 2.58 bits per heavy atom. The molecule has 0 aliphatic heterocycles. The highest BCUT2D eigenvalue weighted by Gasteiger charge is 2.18. The number of rotatable bonds is 7. The van der Waals surface area contributed by atoms with Crippen LogP contribution in [0.1, 0.15) is 11.5 Å². The average Bonchev–Trinajstić information content (AvgIpc) is 2.66. The van der Waals surface area contributed by atoms with Crippen molar-refractivity contribution in [3.8, 4) is 17.4 Å². The molecule has 4 nitrogen and oxygen atoms in total. The van der Waals surface area contributed by atoms with E-state index in [1.807, 2.05) is 0 Å². The van der Waals surface area contributed by atoms with E-state index in [0.717, 1.165) is 6.29 Å². The molecule has 0 aliphatic carbocycles. The Balaban J connectivity index is 1.79. The maximum absolute atomic E-state index is 13.0. The number of aldehydes is 1. The van der Waals surface area contributed by atoms with Gasteiger partial charge in [0, 0.05) is 11.8 Å². The number of benzene rings is 2. The van der Waals surface area contributed by atoms with E-state index < -0.39 is 5.92 Å². The smallest absolute Gasteiger partial charge is 0.223 e. The number of pyridine rings is 1. The largest absolute Gasteiger partial charge is 0.491 e. The van der Waals surface area contributed by atoms with E-state index in [1.165, 1.54) is 24.3 Å². The SMILES string of the molecule is O=CC(COc1ccccc1Cl)c1cccnc1Oc1ccc(F)cc1. The summed E-state index contributed by atoms with van der Waals surface area (Å²) in [6, 6.07) is 16.0. The lowest BCUT2D eigenvalue weighted by atomic mass is 10.0. The maximum atomic E-state index is 13.0. The summed E-state index contributed by atoms with van der Waals surface area (Å²) in [5, 5.41) is 0.464. The minimum atomic E-state index is -0.601. The quantitative estimate of drug-likeness (QED) is 0.547. The Labute approximate surface area is 155 Å². The summed E-state index contributed by atoms with van der Waals surface area (Å²) in [4.78, 5) is 15.8. The van der Waals surface area contributed by atoms with Gasteiger partial charge in [0.2, 0.25) is 5.88 Å². The van der Waals surface area contributed by atoms with Gasteiger partial charge in [0.1, 0.15) is 30.2 Å². The van der Waals surface area contributed by atoms with Crippen molar-refractivity contribution in [1.82, 2.24) is 4.98 Å². The first-order valence-corrected chi connectivity index (χ1v) is 8.26. The molecule has 26 heavy (non-hydrogen) atoms. The molecule has 1 heterocycles. The van der Waals surface area contributed by atoms with Gasteiger partial charge in [-0.25, -0.2) is 9.37 Å². The normalized spacial score (nSPS) is 11.6. The summed E-state index contributed by atoms with van der Waals surface area (Å²) >= 11 is 6.07. The van der Waals surface area contributed by atoms with Crippen LogP contribution in [0.15, 0.2) is 66.9 Å². The van der Waals surface area contributed by atoms with Gasteiger partial charge in [-0.3, -0.25) is 0 Å². The van der Waals surface area contributed by atoms with Crippen molar-refractivity contribution in [2.45, 2.75) is 5.92 Å². The minimum absolute atomic E-state index is 0.0820. The van der Waals surface area contributed by atoms with E-state index in [2.05, 4.69) is 4.98 Å². The molecule has 0 radical (unpaired) electrons. The van der Waals surface area contributed by atoms with Gasteiger partial charge in [0.15, 0.2) is 0 Å². The molecule has 0 spiro atoms. The number of ether oxygens (including phenoxy) is 2. The second-order valence-corrected chi connectivity index (χ2v) is 5.84. The highest BCUT2D eigenvalue weighted by atomic mass is 35.5. The number of hydrogen-bond acceptors (Lipinski definition) is 4. The Bertz CT molecular complexity index is 886. The van der Waals surface area contributed by atoms with E-state index in [1.54, 1.807) is 42.6 Å². The summed E-state index contributed by atoms with van der Waals surface area (Å²) in [5.41, 5.74) is 0.568. The molecule has 3 aromatic rings. The third kappa shape index (κ3) is 4.37. The predicted molar refractivity (Wildman–Crippen MR) is 96.5 cm³/mol. The van der Waals surface area contributed by atoms with Crippen LogP contribution in [0.2, 0.25) is 5.02 Å². The Hall–Kier alpha value is -2.92. The molecular formula is C20H15ClFNO3. The molecule has 6 heteroatoms. The molecule has 3 rings (SSSR count). The lowest BCUT2D eigenvalue weighted by molar-refractivity contribution is -0.109. The van der Waals surface area contributed by atoms with Crippen molar-refractivity contribution in [1.29, 1.82) is 0 Å². The zero-order chi connectivity index (χ0) is 18.4. The van der Waals surface area contributed by atoms with Crippen LogP contribution in [-0.2, 0) is 4.79 Å². The maximum Gasteiger partial charge on any atom is 0.223 e. The fourth-order valence-corrected chi connectivity index (χ4v) is 2.52. The van der Waals surface area contributed by atoms with Gasteiger partial charge in [-0.05, 0) is 42.5 Å². The van der Waals surface area contributed by atoms with Gasteiger partial charge in [-0.2, -0.15) is 0 Å². The third-order valence-corrected chi connectivity index (χ3v) is 3.96. The van der Waals surface area contributed by atoms with Crippen LogP contribution in [0.4, 0.5) is 4.39 Å². The highest BCUT2D eigenvalue weighted by molar-refractivity contribution is 6.32. The summed E-state index contributed by atoms with van der Waals surface area (Å²) in [6.45, 7) is 0.0820. The number of carbonyl (C=O) groups excluding carboxylic acids is 1. The van der Waals surface area contributed by atoms with Crippen molar-refractivity contribution >= 4 is 17.9 Å². The number of para-hydroxylation sites is 1. The Morgan fingerprint density at radius 1 is 1.08 bits per heavy atom. The first-order valence-electron chi connectivity index (χ1n) is 7.88. The zero-order valence-electron chi connectivity index (χ0n) is 13.6. The van der Waals surface area contributed by atoms with Crippen LogP contribution in [0.3, 0.4) is 0 Å². The average molecular weight is 372 g/mol. The molecule has 0 saturated carbocycles. The molecule has 0 fully saturated rings. The first-order chi connectivity index (χ1) is 12.7. The molecule has 1 aromatic heterocycles. The Kier molecular flexibility index (Phi) is 5.81. The fraction of sp³-hybridized carbons (Fsp3) is 0.100. The van der Waals surface area contributed by atoms with Gasteiger partial charge in [-0.1, -0.05) is 29.8 Å². The molecular weight excluding hydrogens is 357 g/mol. The fourth-order valence-electron chi connectivity index (χ4n) is 2.33. The van der Waals surface area contributed by atoms with Gasteiger partial charge < -0.3 is 14.3 Å². The first kappa shape index (κ1) is 17.9. The number of nitrogens with zero attached hydrogens (tertiary/aromatic N) is 1. The summed E-state index contributed by atoms with van der Waals surface area (Å²) < 4.78 is 24.4. The van der Waals surface area contributed by atoms with Gasteiger partial charge in [0.25, 0.3) is 0 Å². The van der Waals surface area contributed by atoms with Gasteiger partial charge >= 0.3 is 0 Å². The van der Waals surface area contributed by atoms with Crippen molar-refractivity contribution in [3.63, 3.8) is 0 Å². The van der Waals surface area contributed by atoms with Crippen LogP contribution in [0.5, 0.6) is 17.4 Å². The van der Waals surface area contributed by atoms with Gasteiger partial charge in [0.05, 0.1) is 10.9 Å². The highest BCUT2D eigenvalue weighted by Crippen LogP contribution is 2.30. The van der Waals surface area contributed by atoms with E-state index in [-0.39, 0.29) is 18.3 Å². The molecule has 0 saturated heterocycles. The van der Waals surface area contributed by atoms with Crippen LogP contribution in [0.25, 0.3) is 0 Å². The standard InChI is InChI=1S/C20H15ClFNO3/c21-18-5-1-2-6-19(18)25-13-14(12-24)17-4-3-11-23-20(17)26-16-9-7-15(22)8-10-16/h1-12,14H,13H2. The Morgan fingerprint density at radius 2 is 1.85 bits per heavy atom. The predicted octanol–water partition coefficient (Wildman–Crippen LogP) is 5.03. The molecule has 2 aromatic carbocycles. The van der Waals surface area contributed by atoms with Crippen molar-refractivity contribution in [2.24, 2.45) is 0 Å². The minimum Gasteiger partial charge on any atom is -0.491 e. The van der Waals surface area contributed by atoms with E-state index in [4.69, 9.17) is 21.1 Å². The molecule has 0 N–H and O–H groups in total. The van der Waals surface area contributed by atoms with E-state index in [9.17, 15) is 9.18 Å². The molecule has 1 atom stereocenters. The molecule has 1 unspecified atom stereocenters. The lowest BCUT2D eigenvalue weighted by Crippen LogP contribution is -2.13. The zero-order valence-corrected chi connectivity index (χ0v) is 14.4. The third-order valence-electron chi connectivity index (χ3n) is 3.65. The molecule has 0 amide bonds. The van der Waals surface area contributed by atoms with Crippen LogP contribution in [-0.4, -0.2) is 17.9 Å². The van der Waals surface area contributed by atoms with Gasteiger partial charge in [-0.15, -0.1) is 0 Å². The number of carbonyl (C=O) groups is 1. The second-order valence-electron chi connectivity index (χ2n) is 5.44. The molecule has 132 valence electrons. The van der Waals surface area contributed by atoms with Crippen molar-refractivity contribution in [2.75, 3.05) is 6.61 Å². The molecule has 0 bridgehead atoms. The van der Waals surface area contributed by atoms with Crippen molar-refractivity contribution < 1.29 is 18.7 Å². The molecule has 0 aliphatic rings. The second kappa shape index (κ2) is 8.45. The van der Waals surface area contributed by atoms with Crippen LogP contribution in [0, 0.1) is 5.82 Å². The van der Waals surface area contributed by atoms with E-state index >= 15 is 0 Å². The van der Waals surface area contributed by atoms with E-state index in [0.29, 0.717) is 22.1 Å². The monoisotopic (exact) mass is 371 g/mol. The summed E-state index contributed by atoms with van der Waals surface area (Å²) in [6.07, 6.45) is 2.32. The van der Waals surface area contributed by atoms with Crippen LogP contribution < -0.4 is 9.47 Å². The number of hydrogen-bond donors (Lipinski definition) is 0.